The van der Waals surface area contributed by atoms with E-state index in [9.17, 15) is 9.90 Å². The Morgan fingerprint density at radius 2 is 2.00 bits per heavy atom. The third kappa shape index (κ3) is 3.52. The number of hydrogen-bond acceptors (Lipinski definition) is 4. The molecule has 0 spiro atoms. The van der Waals surface area contributed by atoms with Gasteiger partial charge in [-0.3, -0.25) is 14.5 Å². The molecule has 2 N–H and O–H groups in total. The molecule has 6 nitrogen and oxygen atoms in total. The van der Waals surface area contributed by atoms with E-state index in [0.717, 1.165) is 22.2 Å². The molecule has 1 amide bonds. The normalized spacial score (nSPS) is 20.2. The van der Waals surface area contributed by atoms with Gasteiger partial charge in [0.2, 0.25) is 0 Å². The van der Waals surface area contributed by atoms with Gasteiger partial charge >= 0.3 is 0 Å². The summed E-state index contributed by atoms with van der Waals surface area (Å²) in [6, 6.07) is 11.7. The first-order valence-corrected chi connectivity index (χ1v) is 9.80. The fourth-order valence-corrected chi connectivity index (χ4v) is 3.83. The first-order valence-electron chi connectivity index (χ1n) is 9.80. The molecule has 0 unspecified atom stereocenters. The van der Waals surface area contributed by atoms with Gasteiger partial charge < -0.3 is 10.4 Å². The second kappa shape index (κ2) is 7.36. The third-order valence-corrected chi connectivity index (χ3v) is 5.60. The summed E-state index contributed by atoms with van der Waals surface area (Å²) in [5, 5.41) is 18.5. The molecule has 1 aromatic carbocycles. The van der Waals surface area contributed by atoms with Crippen molar-refractivity contribution in [2.75, 3.05) is 0 Å². The molecule has 1 saturated carbocycles. The molecule has 0 radical (unpaired) electrons. The smallest absolute Gasteiger partial charge is 0.270 e. The number of aryl methyl sites for hydroxylation is 1. The SMILES string of the molecule is CC(C)c1cc(C(=O)N[C@@H](c2cnc3ccccc3c2)C2CC(O)C2)n(C)n1. The lowest BCUT2D eigenvalue weighted by molar-refractivity contribution is 0.0234. The first kappa shape index (κ1) is 18.6. The van der Waals surface area contributed by atoms with Crippen LogP contribution in [0.5, 0.6) is 0 Å². The zero-order chi connectivity index (χ0) is 19.8. The minimum atomic E-state index is -0.290. The fourth-order valence-electron chi connectivity index (χ4n) is 3.83. The van der Waals surface area contributed by atoms with Gasteiger partial charge in [0.15, 0.2) is 0 Å². The second-order valence-corrected chi connectivity index (χ2v) is 8.03. The molecule has 4 rings (SSSR count). The average Bonchev–Trinajstić information content (AvgIpc) is 3.05. The van der Waals surface area contributed by atoms with E-state index in [1.165, 1.54) is 0 Å². The lowest BCUT2D eigenvalue weighted by Gasteiger charge is -2.38. The highest BCUT2D eigenvalue weighted by atomic mass is 16.3. The average molecular weight is 378 g/mol. The molecule has 2 aromatic heterocycles. The highest BCUT2D eigenvalue weighted by Gasteiger charge is 2.36. The van der Waals surface area contributed by atoms with Crippen molar-refractivity contribution in [3.8, 4) is 0 Å². The number of para-hydroxylation sites is 1. The van der Waals surface area contributed by atoms with Gasteiger partial charge in [-0.05, 0) is 48.4 Å². The van der Waals surface area contributed by atoms with Crippen LogP contribution in [0.3, 0.4) is 0 Å². The zero-order valence-corrected chi connectivity index (χ0v) is 16.5. The van der Waals surface area contributed by atoms with Crippen LogP contribution in [0, 0.1) is 5.92 Å². The Kier molecular flexibility index (Phi) is 4.89. The van der Waals surface area contributed by atoms with Gasteiger partial charge in [0.25, 0.3) is 5.91 Å². The standard InChI is InChI=1S/C22H26N4O2/c1-13(2)19-11-20(26(3)25-19)22(28)24-21(15-9-17(27)10-15)16-8-14-6-4-5-7-18(14)23-12-16/h4-8,11-13,15,17,21,27H,9-10H2,1-3H3,(H,24,28)/t15?,17?,21-/m1/s1. The van der Waals surface area contributed by atoms with Crippen LogP contribution in [-0.2, 0) is 7.05 Å². The fraction of sp³-hybridized carbons (Fsp3) is 0.409. The summed E-state index contributed by atoms with van der Waals surface area (Å²) >= 11 is 0. The van der Waals surface area contributed by atoms with Crippen LogP contribution in [0.4, 0.5) is 0 Å². The van der Waals surface area contributed by atoms with E-state index in [-0.39, 0.29) is 29.9 Å². The van der Waals surface area contributed by atoms with Crippen LogP contribution in [0.25, 0.3) is 10.9 Å². The number of aliphatic hydroxyl groups is 1. The van der Waals surface area contributed by atoms with E-state index in [4.69, 9.17) is 0 Å². The second-order valence-electron chi connectivity index (χ2n) is 8.03. The molecule has 1 fully saturated rings. The van der Waals surface area contributed by atoms with E-state index in [1.54, 1.807) is 11.7 Å². The van der Waals surface area contributed by atoms with Crippen LogP contribution in [0.15, 0.2) is 42.6 Å². The quantitative estimate of drug-likeness (QED) is 0.714. The van der Waals surface area contributed by atoms with Crippen molar-refractivity contribution in [2.45, 2.75) is 44.8 Å². The van der Waals surface area contributed by atoms with E-state index < -0.39 is 0 Å². The molecule has 2 heterocycles. The van der Waals surface area contributed by atoms with Gasteiger partial charge in [-0.25, -0.2) is 0 Å². The Labute approximate surface area is 164 Å². The molecular formula is C22H26N4O2. The number of fused-ring (bicyclic) bond motifs is 1. The summed E-state index contributed by atoms with van der Waals surface area (Å²) in [5.41, 5.74) is 3.34. The maximum absolute atomic E-state index is 13.0. The monoisotopic (exact) mass is 378 g/mol. The van der Waals surface area contributed by atoms with Crippen LogP contribution in [0.2, 0.25) is 0 Å². The lowest BCUT2D eigenvalue weighted by atomic mass is 9.75. The number of nitrogens with one attached hydrogen (secondary N) is 1. The first-order chi connectivity index (χ1) is 13.4. The molecule has 1 aliphatic carbocycles. The number of rotatable bonds is 5. The minimum absolute atomic E-state index is 0.151. The van der Waals surface area contributed by atoms with Crippen molar-refractivity contribution in [2.24, 2.45) is 13.0 Å². The maximum Gasteiger partial charge on any atom is 0.270 e. The van der Waals surface area contributed by atoms with Crippen molar-refractivity contribution in [3.63, 3.8) is 0 Å². The van der Waals surface area contributed by atoms with Crippen molar-refractivity contribution in [1.82, 2.24) is 20.1 Å². The van der Waals surface area contributed by atoms with Gasteiger partial charge in [0, 0.05) is 18.6 Å². The van der Waals surface area contributed by atoms with E-state index in [1.807, 2.05) is 36.5 Å². The van der Waals surface area contributed by atoms with Crippen LogP contribution < -0.4 is 5.32 Å². The lowest BCUT2D eigenvalue weighted by Crippen LogP contribution is -2.41. The number of aliphatic hydroxyl groups excluding tert-OH is 1. The largest absolute Gasteiger partial charge is 0.393 e. The molecule has 28 heavy (non-hydrogen) atoms. The van der Waals surface area contributed by atoms with E-state index in [2.05, 4.69) is 35.3 Å². The topological polar surface area (TPSA) is 80.0 Å². The number of carbonyl (C=O) groups is 1. The Bertz CT molecular complexity index is 1000. The van der Waals surface area contributed by atoms with Crippen molar-refractivity contribution >= 4 is 16.8 Å². The Hall–Kier alpha value is -2.73. The van der Waals surface area contributed by atoms with Gasteiger partial charge in [0.05, 0.1) is 23.4 Å². The summed E-state index contributed by atoms with van der Waals surface area (Å²) in [7, 11) is 1.79. The number of nitrogens with zero attached hydrogens (tertiary/aromatic N) is 3. The third-order valence-electron chi connectivity index (χ3n) is 5.60. The van der Waals surface area contributed by atoms with Crippen LogP contribution >= 0.6 is 0 Å². The molecule has 0 aliphatic heterocycles. The number of benzene rings is 1. The Morgan fingerprint density at radius 3 is 2.68 bits per heavy atom. The maximum atomic E-state index is 13.0. The number of pyridine rings is 1. The van der Waals surface area contributed by atoms with Gasteiger partial charge in [-0.1, -0.05) is 32.0 Å². The Morgan fingerprint density at radius 1 is 1.25 bits per heavy atom. The van der Waals surface area contributed by atoms with E-state index >= 15 is 0 Å². The van der Waals surface area contributed by atoms with Crippen molar-refractivity contribution in [3.05, 3.63) is 59.5 Å². The van der Waals surface area contributed by atoms with E-state index in [0.29, 0.717) is 18.5 Å². The molecule has 3 aromatic rings. The summed E-state index contributed by atoms with van der Waals surface area (Å²) in [6.45, 7) is 4.12. The molecule has 1 aliphatic rings. The molecule has 0 saturated heterocycles. The predicted molar refractivity (Wildman–Crippen MR) is 108 cm³/mol. The highest BCUT2D eigenvalue weighted by Crippen LogP contribution is 2.38. The molecular weight excluding hydrogens is 352 g/mol. The Balaban J connectivity index is 1.63. The summed E-state index contributed by atoms with van der Waals surface area (Å²) in [5.74, 6) is 0.302. The van der Waals surface area contributed by atoms with Gasteiger partial charge in [-0.15, -0.1) is 0 Å². The number of carbonyl (C=O) groups excluding carboxylic acids is 1. The summed E-state index contributed by atoms with van der Waals surface area (Å²) in [6.07, 6.45) is 2.91. The number of hydrogen-bond donors (Lipinski definition) is 2. The molecule has 6 heteroatoms. The summed E-state index contributed by atoms with van der Waals surface area (Å²) in [4.78, 5) is 17.6. The van der Waals surface area contributed by atoms with Crippen LogP contribution in [0.1, 0.15) is 60.4 Å². The minimum Gasteiger partial charge on any atom is -0.393 e. The highest BCUT2D eigenvalue weighted by molar-refractivity contribution is 5.93. The van der Waals surface area contributed by atoms with Crippen molar-refractivity contribution < 1.29 is 9.90 Å². The van der Waals surface area contributed by atoms with Crippen molar-refractivity contribution in [1.29, 1.82) is 0 Å². The van der Waals surface area contributed by atoms with Gasteiger partial charge in [0.1, 0.15) is 5.69 Å². The molecule has 0 bridgehead atoms. The van der Waals surface area contributed by atoms with Gasteiger partial charge in [-0.2, -0.15) is 5.10 Å². The molecule has 146 valence electrons. The van der Waals surface area contributed by atoms with Crippen LogP contribution in [-0.4, -0.2) is 31.9 Å². The number of aromatic nitrogens is 3. The summed E-state index contributed by atoms with van der Waals surface area (Å²) < 4.78 is 1.63. The predicted octanol–water partition coefficient (Wildman–Crippen LogP) is 3.33. The zero-order valence-electron chi connectivity index (χ0n) is 16.5. The number of amides is 1. The molecule has 1 atom stereocenters.